The van der Waals surface area contributed by atoms with Gasteiger partial charge in [0.1, 0.15) is 5.60 Å². The highest BCUT2D eigenvalue weighted by atomic mass is 16.6. The molecule has 0 radical (unpaired) electrons. The number of carbonyl (C=O) groups is 2. The van der Waals surface area contributed by atoms with Crippen LogP contribution in [-0.4, -0.2) is 22.6 Å². The monoisotopic (exact) mass is 256 g/mol. The van der Waals surface area contributed by atoms with E-state index in [1.807, 2.05) is 41.5 Å². The van der Waals surface area contributed by atoms with Crippen LogP contribution >= 0.6 is 0 Å². The lowest BCUT2D eigenvalue weighted by Gasteiger charge is -2.17. The van der Waals surface area contributed by atoms with Crippen LogP contribution in [0.3, 0.4) is 0 Å². The number of aliphatic carboxylic acids is 1. The minimum Gasteiger partial charge on any atom is -0.478 e. The number of rotatable bonds is 2. The lowest BCUT2D eigenvalue weighted by atomic mass is 9.88. The molecule has 0 aliphatic carbocycles. The van der Waals surface area contributed by atoms with Gasteiger partial charge in [0, 0.05) is 11.6 Å². The van der Waals surface area contributed by atoms with Crippen molar-refractivity contribution in [2.75, 3.05) is 0 Å². The van der Waals surface area contributed by atoms with Crippen molar-refractivity contribution in [2.24, 2.45) is 5.41 Å². The number of carboxylic acid groups (broad SMARTS) is 1. The molecule has 4 heteroatoms. The van der Waals surface area contributed by atoms with Crippen molar-refractivity contribution < 1.29 is 19.4 Å². The first kappa shape index (κ1) is 18.8. The lowest BCUT2D eigenvalue weighted by Crippen LogP contribution is -2.22. The molecule has 0 fully saturated rings. The molecule has 0 unspecified atom stereocenters. The van der Waals surface area contributed by atoms with Crippen LogP contribution in [0.15, 0.2) is 24.8 Å². The second kappa shape index (κ2) is 6.99. The van der Waals surface area contributed by atoms with Gasteiger partial charge in [-0.05, 0) is 26.2 Å². The smallest absolute Gasteiger partial charge is 0.331 e. The highest BCUT2D eigenvalue weighted by Gasteiger charge is 2.20. The molecule has 4 nitrogen and oxygen atoms in total. The fraction of sp³-hybridized carbons (Fsp3) is 0.571. The summed E-state index contributed by atoms with van der Waals surface area (Å²) in [4.78, 5) is 20.7. The van der Waals surface area contributed by atoms with Gasteiger partial charge in [-0.25, -0.2) is 9.59 Å². The molecule has 0 aliphatic heterocycles. The Kier molecular flexibility index (Phi) is 7.29. The van der Waals surface area contributed by atoms with Gasteiger partial charge >= 0.3 is 11.9 Å². The molecular weight excluding hydrogens is 232 g/mol. The van der Waals surface area contributed by atoms with Crippen LogP contribution in [0.25, 0.3) is 0 Å². The maximum absolute atomic E-state index is 10.5. The number of ether oxygens (including phenoxy) is 1. The molecule has 0 heterocycles. The van der Waals surface area contributed by atoms with Crippen molar-refractivity contribution >= 4 is 11.9 Å². The fourth-order valence-electron chi connectivity index (χ4n) is 0.664. The van der Waals surface area contributed by atoms with E-state index < -0.39 is 11.6 Å². The molecule has 0 aromatic heterocycles. The van der Waals surface area contributed by atoms with Crippen molar-refractivity contribution in [2.45, 2.75) is 47.1 Å². The summed E-state index contributed by atoms with van der Waals surface area (Å²) >= 11 is 0. The van der Waals surface area contributed by atoms with Crippen LogP contribution in [0.2, 0.25) is 0 Å². The Morgan fingerprint density at radius 1 is 1.11 bits per heavy atom. The first-order valence-corrected chi connectivity index (χ1v) is 5.59. The van der Waals surface area contributed by atoms with Crippen LogP contribution < -0.4 is 0 Å². The number of esters is 1. The second-order valence-electron chi connectivity index (χ2n) is 5.77. The van der Waals surface area contributed by atoms with Crippen molar-refractivity contribution in [3.05, 3.63) is 24.8 Å². The summed E-state index contributed by atoms with van der Waals surface area (Å²) in [5, 5.41) is 8.42. The summed E-state index contributed by atoms with van der Waals surface area (Å²) in [6.07, 6.45) is 1.16. The lowest BCUT2D eigenvalue weighted by molar-refractivity contribution is -0.148. The fourth-order valence-corrected chi connectivity index (χ4v) is 0.664. The van der Waals surface area contributed by atoms with E-state index in [4.69, 9.17) is 9.84 Å². The quantitative estimate of drug-likeness (QED) is 0.608. The minimum atomic E-state index is -0.914. The van der Waals surface area contributed by atoms with Gasteiger partial charge < -0.3 is 9.84 Å². The zero-order valence-corrected chi connectivity index (χ0v) is 12.2. The van der Waals surface area contributed by atoms with Crippen molar-refractivity contribution in [3.63, 3.8) is 0 Å². The second-order valence-corrected chi connectivity index (χ2v) is 5.77. The Balaban J connectivity index is 0. The van der Waals surface area contributed by atoms with E-state index in [0.29, 0.717) is 0 Å². The summed E-state index contributed by atoms with van der Waals surface area (Å²) in [7, 11) is 0. The Morgan fingerprint density at radius 3 is 1.56 bits per heavy atom. The van der Waals surface area contributed by atoms with E-state index >= 15 is 0 Å². The molecule has 104 valence electrons. The highest BCUT2D eigenvalue weighted by Crippen LogP contribution is 2.22. The van der Waals surface area contributed by atoms with Gasteiger partial charge in [0.25, 0.3) is 0 Å². The molecule has 0 aromatic carbocycles. The van der Waals surface area contributed by atoms with E-state index in [-0.39, 0.29) is 17.0 Å². The van der Waals surface area contributed by atoms with Crippen LogP contribution in [0, 0.1) is 5.41 Å². The van der Waals surface area contributed by atoms with Gasteiger partial charge in [-0.1, -0.05) is 33.9 Å². The molecule has 0 amide bonds. The van der Waals surface area contributed by atoms with Gasteiger partial charge in [0.05, 0.1) is 0 Å². The summed E-state index contributed by atoms with van der Waals surface area (Å²) in [6, 6.07) is 0. The Bertz CT molecular complexity index is 325. The molecule has 0 saturated heterocycles. The first-order chi connectivity index (χ1) is 7.81. The van der Waals surface area contributed by atoms with E-state index in [1.54, 1.807) is 0 Å². The highest BCUT2D eigenvalue weighted by molar-refractivity contribution is 5.87. The molecule has 0 spiro atoms. The summed E-state index contributed by atoms with van der Waals surface area (Å²) in [5.74, 6) is -1.29. The molecule has 0 aromatic rings. The Labute approximate surface area is 109 Å². The molecule has 18 heavy (non-hydrogen) atoms. The van der Waals surface area contributed by atoms with Crippen molar-refractivity contribution in [1.82, 2.24) is 0 Å². The molecule has 1 N–H and O–H groups in total. The van der Waals surface area contributed by atoms with Crippen LogP contribution in [0.5, 0.6) is 0 Å². The Hall–Kier alpha value is -1.58. The van der Waals surface area contributed by atoms with Crippen LogP contribution in [-0.2, 0) is 14.3 Å². The van der Waals surface area contributed by atoms with Gasteiger partial charge in [0.2, 0.25) is 0 Å². The Morgan fingerprint density at radius 2 is 1.50 bits per heavy atom. The third-order valence-corrected chi connectivity index (χ3v) is 1.74. The first-order valence-electron chi connectivity index (χ1n) is 5.59. The van der Waals surface area contributed by atoms with E-state index in [1.165, 1.54) is 0 Å². The van der Waals surface area contributed by atoms with Gasteiger partial charge in [-0.2, -0.15) is 0 Å². The zero-order chi connectivity index (χ0) is 15.1. The third kappa shape index (κ3) is 10.9. The molecule has 0 aliphatic rings. The number of carboxylic acids is 1. The van der Waals surface area contributed by atoms with Crippen molar-refractivity contribution in [1.29, 1.82) is 0 Å². The van der Waals surface area contributed by atoms with E-state index in [2.05, 4.69) is 13.2 Å². The molecule has 0 bridgehead atoms. The van der Waals surface area contributed by atoms with Crippen molar-refractivity contribution in [3.8, 4) is 0 Å². The van der Waals surface area contributed by atoms with E-state index in [0.717, 1.165) is 6.08 Å². The minimum absolute atomic E-state index is 0.252. The zero-order valence-electron chi connectivity index (χ0n) is 12.2. The summed E-state index contributed by atoms with van der Waals surface area (Å²) < 4.78 is 4.83. The molecule has 0 atom stereocenters. The molecular formula is C14H24O4. The SMILES string of the molecule is C=C(C(=O)O)C(C)(C)C.C=CC(=O)OC(C)(C)C. The van der Waals surface area contributed by atoms with Gasteiger partial charge in [-0.3, -0.25) is 0 Å². The predicted octanol–water partition coefficient (Wildman–Crippen LogP) is 3.19. The molecule has 0 rings (SSSR count). The molecule has 0 saturated carbocycles. The topological polar surface area (TPSA) is 63.6 Å². The number of carbonyl (C=O) groups excluding carboxylic acids is 1. The normalized spacial score (nSPS) is 10.8. The number of hydrogen-bond acceptors (Lipinski definition) is 3. The standard InChI is InChI=1S/2C7H12O2/c1-5-6(8)9-7(2,3)4;1-5(6(8)9)7(2,3)4/h5H,1H2,2-4H3;1H2,2-4H3,(H,8,9). The average Bonchev–Trinajstić information content (AvgIpc) is 2.13. The maximum Gasteiger partial charge on any atom is 0.331 e. The maximum atomic E-state index is 10.5. The summed E-state index contributed by atoms with van der Waals surface area (Å²) in [5.41, 5.74) is -0.459. The van der Waals surface area contributed by atoms with Gasteiger partial charge in [0.15, 0.2) is 0 Å². The third-order valence-electron chi connectivity index (χ3n) is 1.74. The van der Waals surface area contributed by atoms with Crippen LogP contribution in [0.1, 0.15) is 41.5 Å². The van der Waals surface area contributed by atoms with E-state index in [9.17, 15) is 9.59 Å². The largest absolute Gasteiger partial charge is 0.478 e. The summed E-state index contributed by atoms with van der Waals surface area (Å²) in [6.45, 7) is 17.6. The van der Waals surface area contributed by atoms with Crippen LogP contribution in [0.4, 0.5) is 0 Å². The number of hydrogen-bond donors (Lipinski definition) is 1. The predicted molar refractivity (Wildman–Crippen MR) is 72.3 cm³/mol. The average molecular weight is 256 g/mol. The van der Waals surface area contributed by atoms with Gasteiger partial charge in [-0.15, -0.1) is 0 Å².